The predicted molar refractivity (Wildman–Crippen MR) is 102 cm³/mol. The van der Waals surface area contributed by atoms with Gasteiger partial charge in [-0.05, 0) is 65.8 Å². The molecule has 144 valence electrons. The zero-order valence-corrected chi connectivity index (χ0v) is 15.7. The molecule has 1 fully saturated rings. The number of hydrogen-bond donors (Lipinski definition) is 0. The molecule has 0 amide bonds. The Balaban J connectivity index is 1.22. The van der Waals surface area contributed by atoms with Crippen molar-refractivity contribution in [3.8, 4) is 5.75 Å². The van der Waals surface area contributed by atoms with Crippen molar-refractivity contribution < 1.29 is 12.3 Å². The molecule has 2 aliphatic carbocycles. The Morgan fingerprint density at radius 1 is 1.19 bits per heavy atom. The van der Waals surface area contributed by atoms with Crippen molar-refractivity contribution in [1.82, 2.24) is 20.2 Å². The fourth-order valence-corrected chi connectivity index (χ4v) is 3.96. The molecule has 0 N–H and O–H groups in total. The van der Waals surface area contributed by atoms with Gasteiger partial charge in [0.25, 0.3) is 0 Å². The summed E-state index contributed by atoms with van der Waals surface area (Å²) in [5.74, 6) is 2.08. The SMILES string of the molecule is [2H]C1([2H])CCC(n2nnnc2CCCCOc2ccc3c(c2)CCC(=O)C3)CC1. The van der Waals surface area contributed by atoms with Crippen LogP contribution in [0, 0.1) is 0 Å². The minimum atomic E-state index is -1.05. The summed E-state index contributed by atoms with van der Waals surface area (Å²) in [4.78, 5) is 11.5. The molecule has 0 atom stereocenters. The van der Waals surface area contributed by atoms with Crippen LogP contribution in [-0.2, 0) is 24.1 Å². The standard InChI is InChI=1S/C21H28N4O2/c26-19-11-9-17-15-20(12-10-16(17)14-19)27-13-5-4-8-21-22-23-24-25(21)18-6-2-1-3-7-18/h10,12,15,18H,1-9,11,13-14H2/i1D2. The van der Waals surface area contributed by atoms with Gasteiger partial charge in [0.2, 0.25) is 0 Å². The van der Waals surface area contributed by atoms with Gasteiger partial charge in [-0.3, -0.25) is 4.79 Å². The quantitative estimate of drug-likeness (QED) is 0.696. The number of fused-ring (bicyclic) bond motifs is 1. The first-order valence-electron chi connectivity index (χ1n) is 11.0. The summed E-state index contributed by atoms with van der Waals surface area (Å²) < 4.78 is 23.5. The monoisotopic (exact) mass is 370 g/mol. The predicted octanol–water partition coefficient (Wildman–Crippen LogP) is 3.64. The second kappa shape index (κ2) is 8.63. The fourth-order valence-electron chi connectivity index (χ4n) is 3.96. The van der Waals surface area contributed by atoms with Crippen molar-refractivity contribution in [1.29, 1.82) is 0 Å². The number of aryl methyl sites for hydroxylation is 2. The van der Waals surface area contributed by atoms with Crippen molar-refractivity contribution in [3.05, 3.63) is 35.2 Å². The Hall–Kier alpha value is -2.24. The van der Waals surface area contributed by atoms with E-state index in [9.17, 15) is 4.79 Å². The summed E-state index contributed by atoms with van der Waals surface area (Å²) in [6.07, 6.45) is 6.32. The third-order valence-electron chi connectivity index (χ3n) is 5.52. The van der Waals surface area contributed by atoms with Gasteiger partial charge in [-0.1, -0.05) is 25.3 Å². The molecule has 0 unspecified atom stereocenters. The van der Waals surface area contributed by atoms with E-state index in [-0.39, 0.29) is 6.04 Å². The highest BCUT2D eigenvalue weighted by Gasteiger charge is 2.19. The van der Waals surface area contributed by atoms with Crippen molar-refractivity contribution in [2.24, 2.45) is 0 Å². The highest BCUT2D eigenvalue weighted by atomic mass is 16.5. The van der Waals surface area contributed by atoms with Crippen LogP contribution in [0.4, 0.5) is 0 Å². The lowest BCUT2D eigenvalue weighted by Gasteiger charge is -2.22. The van der Waals surface area contributed by atoms with Gasteiger partial charge in [0.1, 0.15) is 11.5 Å². The molecule has 1 aromatic heterocycles. The van der Waals surface area contributed by atoms with Gasteiger partial charge in [0, 0.05) is 22.0 Å². The maximum atomic E-state index is 11.5. The first kappa shape index (κ1) is 15.8. The molecule has 1 heterocycles. The van der Waals surface area contributed by atoms with E-state index in [1.165, 1.54) is 5.56 Å². The van der Waals surface area contributed by atoms with Crippen molar-refractivity contribution in [2.45, 2.75) is 76.6 Å². The zero-order chi connectivity index (χ0) is 20.3. The fraction of sp³-hybridized carbons (Fsp3) is 0.619. The van der Waals surface area contributed by atoms with Crippen LogP contribution in [0.3, 0.4) is 0 Å². The third kappa shape index (κ3) is 4.54. The van der Waals surface area contributed by atoms with Crippen LogP contribution in [-0.4, -0.2) is 32.6 Å². The van der Waals surface area contributed by atoms with Crippen LogP contribution < -0.4 is 4.74 Å². The first-order valence-corrected chi connectivity index (χ1v) is 10.0. The minimum Gasteiger partial charge on any atom is -0.494 e. The van der Waals surface area contributed by atoms with E-state index >= 15 is 0 Å². The molecule has 6 heteroatoms. The highest BCUT2D eigenvalue weighted by molar-refractivity contribution is 5.83. The molecule has 0 aliphatic heterocycles. The lowest BCUT2D eigenvalue weighted by molar-refractivity contribution is -0.118. The lowest BCUT2D eigenvalue weighted by atomic mass is 9.91. The second-order valence-electron chi connectivity index (χ2n) is 7.47. The van der Waals surface area contributed by atoms with Gasteiger partial charge in [-0.25, -0.2) is 4.68 Å². The smallest absolute Gasteiger partial charge is 0.151 e. The molecule has 0 bridgehead atoms. The normalized spacial score (nSPS) is 20.7. The Morgan fingerprint density at radius 3 is 2.96 bits per heavy atom. The molecule has 2 aliphatic rings. The summed E-state index contributed by atoms with van der Waals surface area (Å²) in [7, 11) is 0. The van der Waals surface area contributed by atoms with Crippen molar-refractivity contribution in [3.63, 3.8) is 0 Å². The van der Waals surface area contributed by atoms with E-state index in [0.717, 1.165) is 55.7 Å². The number of ketones is 1. The number of Topliss-reactive ketones (excluding diaryl/α,β-unsaturated/α-hetero) is 1. The maximum Gasteiger partial charge on any atom is 0.151 e. The molecule has 1 aromatic carbocycles. The number of aromatic nitrogens is 4. The zero-order valence-electron chi connectivity index (χ0n) is 17.7. The number of rotatable bonds is 7. The average molecular weight is 370 g/mol. The molecule has 4 rings (SSSR count). The van der Waals surface area contributed by atoms with E-state index in [0.29, 0.717) is 38.1 Å². The van der Waals surface area contributed by atoms with E-state index < -0.39 is 6.37 Å². The summed E-state index contributed by atoms with van der Waals surface area (Å²) >= 11 is 0. The first-order chi connectivity index (χ1) is 14.0. The molecule has 27 heavy (non-hydrogen) atoms. The summed E-state index contributed by atoms with van der Waals surface area (Å²) in [6.45, 7) is 0.642. The van der Waals surface area contributed by atoms with Gasteiger partial charge in [0.05, 0.1) is 12.6 Å². The van der Waals surface area contributed by atoms with Crippen LogP contribution in [0.2, 0.25) is 0 Å². The van der Waals surface area contributed by atoms with Crippen LogP contribution >= 0.6 is 0 Å². The van der Waals surface area contributed by atoms with E-state index in [4.69, 9.17) is 7.48 Å². The molecule has 2 aromatic rings. The molecule has 0 spiro atoms. The van der Waals surface area contributed by atoms with Crippen LogP contribution in [0.25, 0.3) is 0 Å². The molecule has 0 radical (unpaired) electrons. The van der Waals surface area contributed by atoms with Gasteiger partial charge in [-0.2, -0.15) is 0 Å². The van der Waals surface area contributed by atoms with Crippen molar-refractivity contribution in [2.75, 3.05) is 6.61 Å². The van der Waals surface area contributed by atoms with Gasteiger partial charge < -0.3 is 4.74 Å². The third-order valence-corrected chi connectivity index (χ3v) is 5.52. The van der Waals surface area contributed by atoms with E-state index in [1.54, 1.807) is 0 Å². The summed E-state index contributed by atoms with van der Waals surface area (Å²) in [5, 5.41) is 12.2. The topological polar surface area (TPSA) is 69.9 Å². The molecule has 0 saturated heterocycles. The number of tetrazole rings is 1. The Kier molecular flexibility index (Phi) is 5.05. The number of unbranched alkanes of at least 4 members (excludes halogenated alkanes) is 1. The average Bonchev–Trinajstić information content (AvgIpc) is 3.16. The van der Waals surface area contributed by atoms with Crippen LogP contribution in [0.5, 0.6) is 5.75 Å². The van der Waals surface area contributed by atoms with E-state index in [1.807, 2.05) is 16.8 Å². The maximum absolute atomic E-state index is 11.5. The molecule has 6 nitrogen and oxygen atoms in total. The number of benzene rings is 1. The van der Waals surface area contributed by atoms with Crippen LogP contribution in [0.15, 0.2) is 18.2 Å². The van der Waals surface area contributed by atoms with Gasteiger partial charge in [0.15, 0.2) is 5.82 Å². The largest absolute Gasteiger partial charge is 0.494 e. The number of carbonyl (C=O) groups is 1. The summed E-state index contributed by atoms with van der Waals surface area (Å²) in [6, 6.07) is 6.26. The van der Waals surface area contributed by atoms with Gasteiger partial charge >= 0.3 is 0 Å². The molecular weight excluding hydrogens is 340 g/mol. The Bertz CT molecular complexity index is 858. The number of nitrogens with zero attached hydrogens (tertiary/aromatic N) is 4. The second-order valence-corrected chi connectivity index (χ2v) is 7.47. The molecular formula is C21H28N4O2. The Morgan fingerprint density at radius 2 is 2.07 bits per heavy atom. The van der Waals surface area contributed by atoms with Gasteiger partial charge in [-0.15, -0.1) is 5.10 Å². The van der Waals surface area contributed by atoms with E-state index in [2.05, 4.69) is 21.6 Å². The van der Waals surface area contributed by atoms with Crippen molar-refractivity contribution >= 4 is 5.78 Å². The Labute approximate surface area is 163 Å². The number of ether oxygens (including phenoxy) is 1. The number of hydrogen-bond acceptors (Lipinski definition) is 5. The van der Waals surface area contributed by atoms with Crippen LogP contribution in [0.1, 0.15) is 77.1 Å². The number of carbonyl (C=O) groups excluding carboxylic acids is 1. The lowest BCUT2D eigenvalue weighted by Crippen LogP contribution is -2.17. The molecule has 1 saturated carbocycles. The minimum absolute atomic E-state index is 0.211. The summed E-state index contributed by atoms with van der Waals surface area (Å²) in [5.41, 5.74) is 2.37. The highest BCUT2D eigenvalue weighted by Crippen LogP contribution is 2.28.